The Balaban J connectivity index is 1.81. The van der Waals surface area contributed by atoms with E-state index in [4.69, 9.17) is 5.10 Å². The van der Waals surface area contributed by atoms with Crippen molar-refractivity contribution in [2.24, 2.45) is 0 Å². The molecule has 0 aliphatic heterocycles. The van der Waals surface area contributed by atoms with Gasteiger partial charge in [-0.15, -0.1) is 0 Å². The number of para-hydroxylation sites is 1. The number of benzene rings is 2. The molecule has 3 aromatic rings. The summed E-state index contributed by atoms with van der Waals surface area (Å²) in [6.07, 6.45) is 0.759. The molecule has 0 saturated heterocycles. The number of nitrogens with one attached hydrogen (secondary N) is 1. The van der Waals surface area contributed by atoms with Gasteiger partial charge in [-0.2, -0.15) is 5.10 Å². The Morgan fingerprint density at radius 1 is 0.914 bits per heavy atom. The van der Waals surface area contributed by atoms with Crippen LogP contribution in [-0.4, -0.2) is 39.6 Å². The van der Waals surface area contributed by atoms with Gasteiger partial charge in [0.1, 0.15) is 12.4 Å². The summed E-state index contributed by atoms with van der Waals surface area (Å²) >= 11 is 0. The summed E-state index contributed by atoms with van der Waals surface area (Å²) in [7, 11) is 0. The maximum absolute atomic E-state index is 13.2. The minimum atomic E-state index is -0.254. The van der Waals surface area contributed by atoms with Gasteiger partial charge in [0.15, 0.2) is 0 Å². The van der Waals surface area contributed by atoms with Crippen LogP contribution in [0.4, 0.5) is 5.82 Å². The van der Waals surface area contributed by atoms with Crippen molar-refractivity contribution in [3.05, 3.63) is 77.5 Å². The Hall–Kier alpha value is -3.41. The van der Waals surface area contributed by atoms with Crippen molar-refractivity contribution in [3.8, 4) is 5.69 Å². The highest BCUT2D eigenvalue weighted by Crippen LogP contribution is 2.26. The summed E-state index contributed by atoms with van der Waals surface area (Å²) in [5.41, 5.74) is 3.32. The van der Waals surface area contributed by atoms with Crippen molar-refractivity contribution in [3.63, 3.8) is 0 Å². The second-order valence-electron chi connectivity index (χ2n) is 11.0. The number of aromatic nitrogens is 2. The number of nitrogens with zero attached hydrogens (tertiary/aromatic N) is 3. The van der Waals surface area contributed by atoms with Crippen molar-refractivity contribution in [1.29, 1.82) is 0 Å². The molecule has 1 aromatic heterocycles. The largest absolute Gasteiger partial charge is 0.329 e. The van der Waals surface area contributed by atoms with Crippen molar-refractivity contribution < 1.29 is 9.59 Å². The Kier molecular flexibility index (Phi) is 7.83. The SMILES string of the molecule is CCCN(CC(=O)Nc1cc(C(C)(C)C)nn1-c1ccccc1)C(=O)c1ccc(C(C)(C)C)cc1. The molecule has 0 bridgehead atoms. The van der Waals surface area contributed by atoms with Gasteiger partial charge in [-0.05, 0) is 41.7 Å². The molecule has 6 heteroatoms. The van der Waals surface area contributed by atoms with E-state index < -0.39 is 0 Å². The fourth-order valence-electron chi connectivity index (χ4n) is 3.78. The van der Waals surface area contributed by atoms with Crippen molar-refractivity contribution >= 4 is 17.6 Å². The monoisotopic (exact) mass is 474 g/mol. The highest BCUT2D eigenvalue weighted by molar-refractivity contribution is 5.99. The third-order valence-electron chi connectivity index (χ3n) is 5.86. The molecule has 0 spiro atoms. The van der Waals surface area contributed by atoms with Crippen LogP contribution < -0.4 is 5.32 Å². The number of rotatable bonds is 7. The first kappa shape index (κ1) is 26.2. The van der Waals surface area contributed by atoms with E-state index in [9.17, 15) is 9.59 Å². The summed E-state index contributed by atoms with van der Waals surface area (Å²) in [5.74, 6) is 0.189. The second-order valence-corrected chi connectivity index (χ2v) is 11.0. The Morgan fingerprint density at radius 2 is 1.54 bits per heavy atom. The van der Waals surface area contributed by atoms with Crippen molar-refractivity contribution in [2.75, 3.05) is 18.4 Å². The molecule has 0 atom stereocenters. The predicted octanol–water partition coefficient (Wildman–Crippen LogP) is 5.96. The van der Waals surface area contributed by atoms with E-state index >= 15 is 0 Å². The number of anilines is 1. The normalized spacial score (nSPS) is 11.9. The lowest BCUT2D eigenvalue weighted by Gasteiger charge is -2.23. The second kappa shape index (κ2) is 10.5. The molecular formula is C29H38N4O2. The molecule has 0 unspecified atom stereocenters. The number of carbonyl (C=O) groups excluding carboxylic acids is 2. The first-order chi connectivity index (χ1) is 16.4. The Bertz CT molecular complexity index is 1150. The quantitative estimate of drug-likeness (QED) is 0.459. The third-order valence-corrected chi connectivity index (χ3v) is 5.86. The third kappa shape index (κ3) is 6.59. The van der Waals surface area contributed by atoms with Crippen LogP contribution in [0.25, 0.3) is 5.69 Å². The highest BCUT2D eigenvalue weighted by Gasteiger charge is 2.24. The van der Waals surface area contributed by atoms with E-state index in [1.807, 2.05) is 67.6 Å². The van der Waals surface area contributed by atoms with Crippen LogP contribution in [0.5, 0.6) is 0 Å². The van der Waals surface area contributed by atoms with Gasteiger partial charge in [0, 0.05) is 23.6 Å². The van der Waals surface area contributed by atoms with E-state index in [2.05, 4.69) is 46.9 Å². The summed E-state index contributed by atoms with van der Waals surface area (Å²) in [6.45, 7) is 15.2. The lowest BCUT2D eigenvalue weighted by Crippen LogP contribution is -2.38. The average Bonchev–Trinajstić information content (AvgIpc) is 3.22. The molecule has 0 aliphatic rings. The van der Waals surface area contributed by atoms with Crippen LogP contribution in [0.3, 0.4) is 0 Å². The first-order valence-corrected chi connectivity index (χ1v) is 12.3. The van der Waals surface area contributed by atoms with E-state index in [0.717, 1.165) is 23.4 Å². The van der Waals surface area contributed by atoms with Gasteiger partial charge in [0.05, 0.1) is 11.4 Å². The lowest BCUT2D eigenvalue weighted by molar-refractivity contribution is -0.116. The Labute approximate surface area is 209 Å². The molecule has 2 amide bonds. The molecule has 35 heavy (non-hydrogen) atoms. The highest BCUT2D eigenvalue weighted by atomic mass is 16.2. The van der Waals surface area contributed by atoms with Crippen LogP contribution in [0.15, 0.2) is 60.7 Å². The summed E-state index contributed by atoms with van der Waals surface area (Å²) in [6, 6.07) is 19.3. The smallest absolute Gasteiger partial charge is 0.254 e. The average molecular weight is 475 g/mol. The van der Waals surface area contributed by atoms with Gasteiger partial charge in [0.25, 0.3) is 5.91 Å². The fraction of sp³-hybridized carbons (Fsp3) is 0.414. The van der Waals surface area contributed by atoms with E-state index in [1.54, 1.807) is 9.58 Å². The van der Waals surface area contributed by atoms with Crippen LogP contribution in [0, 0.1) is 0 Å². The topological polar surface area (TPSA) is 67.2 Å². The standard InChI is InChI=1S/C29H38N4O2/c1-8-18-32(27(35)21-14-16-22(17-15-21)28(2,3)4)20-26(34)30-25-19-24(29(5,6)7)31-33(25)23-12-10-9-11-13-23/h9-17,19H,8,18,20H2,1-7H3,(H,30,34). The molecule has 6 nitrogen and oxygen atoms in total. The predicted molar refractivity (Wildman–Crippen MR) is 142 cm³/mol. The summed E-state index contributed by atoms with van der Waals surface area (Å²) in [5, 5.41) is 7.75. The molecule has 1 heterocycles. The van der Waals surface area contributed by atoms with Crippen LogP contribution in [-0.2, 0) is 15.6 Å². The molecule has 0 fully saturated rings. The molecule has 0 aliphatic carbocycles. The van der Waals surface area contributed by atoms with Crippen LogP contribution in [0.1, 0.15) is 76.5 Å². The van der Waals surface area contributed by atoms with Gasteiger partial charge in [-0.25, -0.2) is 4.68 Å². The summed E-state index contributed by atoms with van der Waals surface area (Å²) < 4.78 is 1.75. The van der Waals surface area contributed by atoms with Crippen LogP contribution >= 0.6 is 0 Å². The van der Waals surface area contributed by atoms with E-state index in [0.29, 0.717) is 17.9 Å². The first-order valence-electron chi connectivity index (χ1n) is 12.3. The van der Waals surface area contributed by atoms with Gasteiger partial charge < -0.3 is 10.2 Å². The molecular weight excluding hydrogens is 436 g/mol. The minimum Gasteiger partial charge on any atom is -0.329 e. The van der Waals surface area contributed by atoms with E-state index in [1.165, 1.54) is 0 Å². The minimum absolute atomic E-state index is 0.0121. The molecule has 3 rings (SSSR count). The van der Waals surface area contributed by atoms with E-state index in [-0.39, 0.29) is 29.2 Å². The van der Waals surface area contributed by atoms with Crippen molar-refractivity contribution in [2.45, 2.75) is 65.7 Å². The maximum Gasteiger partial charge on any atom is 0.254 e. The van der Waals surface area contributed by atoms with Gasteiger partial charge in [0.2, 0.25) is 5.91 Å². The number of amides is 2. The Morgan fingerprint density at radius 3 is 2.09 bits per heavy atom. The summed E-state index contributed by atoms with van der Waals surface area (Å²) in [4.78, 5) is 28.0. The molecule has 0 radical (unpaired) electrons. The number of hydrogen-bond acceptors (Lipinski definition) is 3. The van der Waals surface area contributed by atoms with Crippen molar-refractivity contribution in [1.82, 2.24) is 14.7 Å². The van der Waals surface area contributed by atoms with Gasteiger partial charge in [-0.3, -0.25) is 9.59 Å². The number of hydrogen-bond donors (Lipinski definition) is 1. The molecule has 1 N–H and O–H groups in total. The fourth-order valence-corrected chi connectivity index (χ4v) is 3.78. The zero-order valence-corrected chi connectivity index (χ0v) is 22.1. The molecule has 0 saturated carbocycles. The van der Waals surface area contributed by atoms with Crippen LogP contribution in [0.2, 0.25) is 0 Å². The molecule has 2 aromatic carbocycles. The van der Waals surface area contributed by atoms with Gasteiger partial charge >= 0.3 is 0 Å². The molecule has 186 valence electrons. The van der Waals surface area contributed by atoms with Gasteiger partial charge in [-0.1, -0.05) is 78.8 Å². The zero-order chi connectivity index (χ0) is 25.8. The zero-order valence-electron chi connectivity index (χ0n) is 22.1. The maximum atomic E-state index is 13.2. The lowest BCUT2D eigenvalue weighted by atomic mass is 9.86. The number of carbonyl (C=O) groups is 2.